The van der Waals surface area contributed by atoms with Crippen LogP contribution in [-0.2, 0) is 4.79 Å². The molecule has 0 atom stereocenters. The van der Waals surface area contributed by atoms with Crippen molar-refractivity contribution in [3.8, 4) is 0 Å². The molecule has 6 heteroatoms. The van der Waals surface area contributed by atoms with Crippen molar-refractivity contribution in [3.63, 3.8) is 0 Å². The highest BCUT2D eigenvalue weighted by Crippen LogP contribution is 2.17. The van der Waals surface area contributed by atoms with E-state index in [1.807, 2.05) is 0 Å². The topological polar surface area (TPSA) is 80.9 Å². The standard InChI is InChI=1S/C7H9BrN4O/c1-4-10-2-5(8)7(12-4)11-3-6(9)13/h2H,3H2,1H3,(H2,9,13)(H,10,11,12). The zero-order valence-electron chi connectivity index (χ0n) is 7.04. The van der Waals surface area contributed by atoms with E-state index < -0.39 is 5.91 Å². The van der Waals surface area contributed by atoms with Crippen LogP contribution in [0.5, 0.6) is 0 Å². The number of nitrogens with one attached hydrogen (secondary N) is 1. The fourth-order valence-electron chi connectivity index (χ4n) is 0.750. The van der Waals surface area contributed by atoms with Gasteiger partial charge in [0.15, 0.2) is 0 Å². The molecule has 0 spiro atoms. The highest BCUT2D eigenvalue weighted by Gasteiger charge is 2.02. The van der Waals surface area contributed by atoms with Gasteiger partial charge >= 0.3 is 0 Å². The number of amides is 1. The van der Waals surface area contributed by atoms with Crippen LogP contribution in [0.25, 0.3) is 0 Å². The van der Waals surface area contributed by atoms with Crippen molar-refractivity contribution in [2.75, 3.05) is 11.9 Å². The minimum Gasteiger partial charge on any atom is -0.368 e. The number of anilines is 1. The van der Waals surface area contributed by atoms with Gasteiger partial charge in [-0.1, -0.05) is 0 Å². The van der Waals surface area contributed by atoms with Gasteiger partial charge in [0.05, 0.1) is 11.0 Å². The van der Waals surface area contributed by atoms with Gasteiger partial charge in [0.1, 0.15) is 11.6 Å². The third-order valence-electron chi connectivity index (χ3n) is 1.29. The van der Waals surface area contributed by atoms with Gasteiger partial charge in [0.25, 0.3) is 0 Å². The summed E-state index contributed by atoms with van der Waals surface area (Å²) in [6.45, 7) is 1.83. The van der Waals surface area contributed by atoms with Crippen LogP contribution >= 0.6 is 15.9 Å². The Morgan fingerprint density at radius 3 is 3.08 bits per heavy atom. The lowest BCUT2D eigenvalue weighted by Crippen LogP contribution is -2.22. The summed E-state index contributed by atoms with van der Waals surface area (Å²) < 4.78 is 0.708. The molecular formula is C7H9BrN4O. The van der Waals surface area contributed by atoms with E-state index in [1.165, 1.54) is 0 Å². The van der Waals surface area contributed by atoms with Crippen LogP contribution in [0.4, 0.5) is 5.82 Å². The molecule has 3 N–H and O–H groups in total. The number of nitrogens with two attached hydrogens (primary N) is 1. The number of carbonyl (C=O) groups is 1. The van der Waals surface area contributed by atoms with E-state index >= 15 is 0 Å². The number of hydrogen-bond donors (Lipinski definition) is 2. The summed E-state index contributed by atoms with van der Waals surface area (Å²) in [6, 6.07) is 0. The maximum absolute atomic E-state index is 10.5. The Kier molecular flexibility index (Phi) is 3.18. The van der Waals surface area contributed by atoms with Gasteiger partial charge in [-0.25, -0.2) is 9.97 Å². The average Bonchev–Trinajstić information content (AvgIpc) is 2.06. The SMILES string of the molecule is Cc1ncc(Br)c(NCC(N)=O)n1. The molecule has 1 amide bonds. The van der Waals surface area contributed by atoms with Crippen molar-refractivity contribution < 1.29 is 4.79 Å². The van der Waals surface area contributed by atoms with Gasteiger partial charge in [-0.3, -0.25) is 4.79 Å². The van der Waals surface area contributed by atoms with E-state index in [4.69, 9.17) is 5.73 Å². The molecule has 70 valence electrons. The van der Waals surface area contributed by atoms with Gasteiger partial charge < -0.3 is 11.1 Å². The van der Waals surface area contributed by atoms with Crippen LogP contribution in [-0.4, -0.2) is 22.4 Å². The van der Waals surface area contributed by atoms with Crippen molar-refractivity contribution in [2.24, 2.45) is 5.73 Å². The molecule has 1 rings (SSSR count). The number of primary amides is 1. The summed E-state index contributed by atoms with van der Waals surface area (Å²) in [5.41, 5.74) is 4.97. The highest BCUT2D eigenvalue weighted by atomic mass is 79.9. The first-order chi connectivity index (χ1) is 6.09. The normalized spacial score (nSPS) is 9.69. The summed E-state index contributed by atoms with van der Waals surface area (Å²) in [5.74, 6) is 0.782. The number of hydrogen-bond acceptors (Lipinski definition) is 4. The number of nitrogens with zero attached hydrogens (tertiary/aromatic N) is 2. The van der Waals surface area contributed by atoms with Crippen molar-refractivity contribution in [1.29, 1.82) is 0 Å². The molecule has 13 heavy (non-hydrogen) atoms. The van der Waals surface area contributed by atoms with Crippen molar-refractivity contribution in [3.05, 3.63) is 16.5 Å². The predicted octanol–water partition coefficient (Wildman–Crippen LogP) is 0.445. The number of halogens is 1. The molecule has 1 aromatic heterocycles. The fraction of sp³-hybridized carbons (Fsp3) is 0.286. The lowest BCUT2D eigenvalue weighted by Gasteiger charge is -2.04. The smallest absolute Gasteiger partial charge is 0.236 e. The number of aryl methyl sites for hydroxylation is 1. The van der Waals surface area contributed by atoms with Gasteiger partial charge in [-0.2, -0.15) is 0 Å². The van der Waals surface area contributed by atoms with E-state index in [0.29, 0.717) is 16.1 Å². The lowest BCUT2D eigenvalue weighted by atomic mass is 10.5. The summed E-state index contributed by atoms with van der Waals surface area (Å²) in [4.78, 5) is 18.5. The Labute approximate surface area is 83.9 Å². The van der Waals surface area contributed by atoms with Gasteiger partial charge in [-0.05, 0) is 22.9 Å². The van der Waals surface area contributed by atoms with Crippen LogP contribution < -0.4 is 11.1 Å². The highest BCUT2D eigenvalue weighted by molar-refractivity contribution is 9.10. The molecule has 5 nitrogen and oxygen atoms in total. The summed E-state index contributed by atoms with van der Waals surface area (Å²) in [5, 5.41) is 2.78. The average molecular weight is 245 g/mol. The van der Waals surface area contributed by atoms with E-state index in [1.54, 1.807) is 13.1 Å². The molecule has 0 saturated carbocycles. The second-order valence-corrected chi connectivity index (χ2v) is 3.29. The first kappa shape index (κ1) is 9.91. The molecule has 0 saturated heterocycles. The summed E-state index contributed by atoms with van der Waals surface area (Å²) >= 11 is 3.24. The molecular weight excluding hydrogens is 236 g/mol. The minimum absolute atomic E-state index is 0.0645. The van der Waals surface area contributed by atoms with Crippen molar-refractivity contribution in [1.82, 2.24) is 9.97 Å². The molecule has 1 aromatic rings. The van der Waals surface area contributed by atoms with Crippen LogP contribution in [0, 0.1) is 6.92 Å². The van der Waals surface area contributed by atoms with Crippen molar-refractivity contribution >= 4 is 27.7 Å². The maximum Gasteiger partial charge on any atom is 0.236 e. The maximum atomic E-state index is 10.5. The molecule has 0 aliphatic rings. The van der Waals surface area contributed by atoms with E-state index in [0.717, 1.165) is 0 Å². The summed E-state index contributed by atoms with van der Waals surface area (Å²) in [6.07, 6.45) is 1.62. The largest absolute Gasteiger partial charge is 0.368 e. The zero-order chi connectivity index (χ0) is 9.84. The number of rotatable bonds is 3. The van der Waals surface area contributed by atoms with E-state index in [2.05, 4.69) is 31.2 Å². The van der Waals surface area contributed by atoms with Crippen LogP contribution in [0.2, 0.25) is 0 Å². The third-order valence-corrected chi connectivity index (χ3v) is 1.87. The van der Waals surface area contributed by atoms with Crippen molar-refractivity contribution in [2.45, 2.75) is 6.92 Å². The van der Waals surface area contributed by atoms with Crippen LogP contribution in [0.15, 0.2) is 10.7 Å². The Bertz CT molecular complexity index is 328. The zero-order valence-corrected chi connectivity index (χ0v) is 8.63. The lowest BCUT2D eigenvalue weighted by molar-refractivity contribution is -0.116. The molecule has 0 radical (unpaired) electrons. The van der Waals surface area contributed by atoms with Crippen LogP contribution in [0.3, 0.4) is 0 Å². The second kappa shape index (κ2) is 4.18. The van der Waals surface area contributed by atoms with E-state index in [9.17, 15) is 4.79 Å². The quantitative estimate of drug-likeness (QED) is 0.809. The predicted molar refractivity (Wildman–Crippen MR) is 52.2 cm³/mol. The molecule has 0 fully saturated rings. The molecule has 0 aliphatic heterocycles. The van der Waals surface area contributed by atoms with E-state index in [-0.39, 0.29) is 6.54 Å². The molecule has 0 aliphatic carbocycles. The fourth-order valence-corrected chi connectivity index (χ4v) is 1.08. The van der Waals surface area contributed by atoms with Crippen LogP contribution in [0.1, 0.15) is 5.82 Å². The first-order valence-corrected chi connectivity index (χ1v) is 4.40. The summed E-state index contributed by atoms with van der Waals surface area (Å²) in [7, 11) is 0. The Hall–Kier alpha value is -1.17. The van der Waals surface area contributed by atoms with Gasteiger partial charge in [0.2, 0.25) is 5.91 Å². The third kappa shape index (κ3) is 2.98. The Morgan fingerprint density at radius 2 is 2.46 bits per heavy atom. The molecule has 0 unspecified atom stereocenters. The number of carbonyl (C=O) groups excluding carboxylic acids is 1. The number of aromatic nitrogens is 2. The molecule has 1 heterocycles. The van der Waals surface area contributed by atoms with Gasteiger partial charge in [-0.15, -0.1) is 0 Å². The second-order valence-electron chi connectivity index (χ2n) is 2.43. The van der Waals surface area contributed by atoms with Gasteiger partial charge in [0, 0.05) is 6.20 Å². The Morgan fingerprint density at radius 1 is 1.77 bits per heavy atom. The monoisotopic (exact) mass is 244 g/mol. The molecule has 0 bridgehead atoms. The first-order valence-electron chi connectivity index (χ1n) is 3.61. The minimum atomic E-state index is -0.428. The Balaban J connectivity index is 2.75. The molecule has 0 aromatic carbocycles.